The van der Waals surface area contributed by atoms with Gasteiger partial charge in [0.2, 0.25) is 11.8 Å². The highest BCUT2D eigenvalue weighted by atomic mass is 16.4. The number of carboxylic acid groups (broad SMARTS) is 1. The van der Waals surface area contributed by atoms with E-state index < -0.39 is 12.0 Å². The first-order chi connectivity index (χ1) is 8.90. The Kier molecular flexibility index (Phi) is 5.79. The minimum atomic E-state index is -0.766. The molecule has 0 bridgehead atoms. The van der Waals surface area contributed by atoms with Crippen LogP contribution in [0.15, 0.2) is 0 Å². The Labute approximate surface area is 113 Å². The first-order valence-corrected chi connectivity index (χ1v) is 6.68. The van der Waals surface area contributed by atoms with Crippen molar-refractivity contribution in [1.29, 1.82) is 0 Å². The van der Waals surface area contributed by atoms with Crippen LogP contribution >= 0.6 is 0 Å². The van der Waals surface area contributed by atoms with E-state index in [1.165, 1.54) is 6.92 Å². The number of carbonyl (C=O) groups excluding carboxylic acids is 2. The molecular weight excluding hydrogens is 248 g/mol. The van der Waals surface area contributed by atoms with Gasteiger partial charge in [0.05, 0.1) is 0 Å². The molecule has 19 heavy (non-hydrogen) atoms. The van der Waals surface area contributed by atoms with Crippen LogP contribution in [-0.2, 0) is 14.4 Å². The van der Waals surface area contributed by atoms with Crippen LogP contribution in [0.3, 0.4) is 0 Å². The standard InChI is InChI=1S/C13H22N2O4/c1-9(14-10(2)16)13(19)15-7-5-11(6-8-15)3-4-12(17)18/h9,11H,3-8H2,1-2H3,(H,14,16)(H,17,18). The molecule has 0 radical (unpaired) electrons. The van der Waals surface area contributed by atoms with Crippen LogP contribution in [0, 0.1) is 5.92 Å². The highest BCUT2D eigenvalue weighted by Crippen LogP contribution is 2.22. The van der Waals surface area contributed by atoms with Gasteiger partial charge in [-0.25, -0.2) is 0 Å². The van der Waals surface area contributed by atoms with E-state index in [1.54, 1.807) is 11.8 Å². The fourth-order valence-corrected chi connectivity index (χ4v) is 2.41. The summed E-state index contributed by atoms with van der Waals surface area (Å²) in [6.45, 7) is 4.36. The van der Waals surface area contributed by atoms with E-state index in [4.69, 9.17) is 5.11 Å². The number of aliphatic carboxylic acids is 1. The molecule has 0 aliphatic carbocycles. The van der Waals surface area contributed by atoms with Crippen molar-refractivity contribution in [3.05, 3.63) is 0 Å². The highest BCUT2D eigenvalue weighted by Gasteiger charge is 2.26. The second-order valence-corrected chi connectivity index (χ2v) is 5.12. The van der Waals surface area contributed by atoms with Gasteiger partial charge in [0.1, 0.15) is 6.04 Å². The predicted octanol–water partition coefficient (Wildman–Crippen LogP) is 0.614. The largest absolute Gasteiger partial charge is 0.481 e. The number of amides is 2. The normalized spacial score (nSPS) is 17.9. The van der Waals surface area contributed by atoms with Crippen molar-refractivity contribution in [3.8, 4) is 0 Å². The van der Waals surface area contributed by atoms with Crippen LogP contribution in [0.5, 0.6) is 0 Å². The van der Waals surface area contributed by atoms with Crippen LogP contribution in [0.25, 0.3) is 0 Å². The third-order valence-electron chi connectivity index (χ3n) is 3.48. The number of carbonyl (C=O) groups is 3. The molecule has 1 heterocycles. The molecule has 2 amide bonds. The molecule has 1 fully saturated rings. The Morgan fingerprint density at radius 1 is 1.32 bits per heavy atom. The second-order valence-electron chi connectivity index (χ2n) is 5.12. The van der Waals surface area contributed by atoms with Crippen molar-refractivity contribution in [2.24, 2.45) is 5.92 Å². The molecule has 2 N–H and O–H groups in total. The molecule has 1 aliphatic heterocycles. The average molecular weight is 270 g/mol. The van der Waals surface area contributed by atoms with Crippen molar-refractivity contribution in [1.82, 2.24) is 10.2 Å². The monoisotopic (exact) mass is 270 g/mol. The van der Waals surface area contributed by atoms with Crippen LogP contribution < -0.4 is 5.32 Å². The third-order valence-corrected chi connectivity index (χ3v) is 3.48. The molecule has 1 unspecified atom stereocenters. The molecule has 1 atom stereocenters. The number of nitrogens with zero attached hydrogens (tertiary/aromatic N) is 1. The molecule has 0 aromatic carbocycles. The molecule has 6 heteroatoms. The van der Waals surface area contributed by atoms with Crippen molar-refractivity contribution in [3.63, 3.8) is 0 Å². The number of hydrogen-bond acceptors (Lipinski definition) is 3. The van der Waals surface area contributed by atoms with Gasteiger partial charge in [-0.2, -0.15) is 0 Å². The first kappa shape index (κ1) is 15.5. The van der Waals surface area contributed by atoms with Gasteiger partial charge in [0, 0.05) is 26.4 Å². The van der Waals surface area contributed by atoms with E-state index in [0.29, 0.717) is 25.4 Å². The van der Waals surface area contributed by atoms with Crippen LogP contribution in [0.2, 0.25) is 0 Å². The SMILES string of the molecule is CC(=O)NC(C)C(=O)N1CCC(CCC(=O)O)CC1. The lowest BCUT2D eigenvalue weighted by Crippen LogP contribution is -2.48. The Bertz CT molecular complexity index is 349. The molecular formula is C13H22N2O4. The predicted molar refractivity (Wildman–Crippen MR) is 69.5 cm³/mol. The summed E-state index contributed by atoms with van der Waals surface area (Å²) in [6, 6.07) is -0.493. The fraction of sp³-hybridized carbons (Fsp3) is 0.769. The smallest absolute Gasteiger partial charge is 0.303 e. The minimum absolute atomic E-state index is 0.0631. The lowest BCUT2D eigenvalue weighted by Gasteiger charge is -2.33. The maximum Gasteiger partial charge on any atom is 0.303 e. The Morgan fingerprint density at radius 3 is 2.37 bits per heavy atom. The number of rotatable bonds is 5. The molecule has 1 aliphatic rings. The van der Waals surface area contributed by atoms with Gasteiger partial charge < -0.3 is 15.3 Å². The molecule has 1 saturated heterocycles. The second kappa shape index (κ2) is 7.11. The van der Waals surface area contributed by atoms with Gasteiger partial charge in [-0.05, 0) is 32.1 Å². The molecule has 0 aromatic heterocycles. The van der Waals surface area contributed by atoms with Gasteiger partial charge >= 0.3 is 5.97 Å². The van der Waals surface area contributed by atoms with E-state index in [1.807, 2.05) is 0 Å². The number of carboxylic acids is 1. The maximum atomic E-state index is 12.0. The van der Waals surface area contributed by atoms with Gasteiger partial charge in [-0.15, -0.1) is 0 Å². The number of nitrogens with one attached hydrogen (secondary N) is 1. The van der Waals surface area contributed by atoms with Gasteiger partial charge in [-0.1, -0.05) is 0 Å². The van der Waals surface area contributed by atoms with Crippen molar-refractivity contribution >= 4 is 17.8 Å². The van der Waals surface area contributed by atoms with Gasteiger partial charge in [-0.3, -0.25) is 14.4 Å². The summed E-state index contributed by atoms with van der Waals surface area (Å²) < 4.78 is 0. The Balaban J connectivity index is 2.34. The summed E-state index contributed by atoms with van der Waals surface area (Å²) in [6.07, 6.45) is 2.55. The maximum absolute atomic E-state index is 12.0. The summed E-state index contributed by atoms with van der Waals surface area (Å²) in [5.74, 6) is -0.655. The van der Waals surface area contributed by atoms with E-state index in [9.17, 15) is 14.4 Å². The van der Waals surface area contributed by atoms with Crippen LogP contribution in [0.1, 0.15) is 39.5 Å². The summed E-state index contributed by atoms with van der Waals surface area (Å²) in [7, 11) is 0. The van der Waals surface area contributed by atoms with E-state index >= 15 is 0 Å². The zero-order valence-corrected chi connectivity index (χ0v) is 11.5. The summed E-state index contributed by atoms with van der Waals surface area (Å²) in [5.41, 5.74) is 0. The first-order valence-electron chi connectivity index (χ1n) is 6.68. The fourth-order valence-electron chi connectivity index (χ4n) is 2.41. The molecule has 6 nitrogen and oxygen atoms in total. The topological polar surface area (TPSA) is 86.7 Å². The Hall–Kier alpha value is -1.59. The third kappa shape index (κ3) is 5.28. The van der Waals surface area contributed by atoms with Gasteiger partial charge in [0.15, 0.2) is 0 Å². The quantitative estimate of drug-likeness (QED) is 0.766. The summed E-state index contributed by atoms with van der Waals surface area (Å²) >= 11 is 0. The van der Waals surface area contributed by atoms with E-state index in [0.717, 1.165) is 12.8 Å². The zero-order valence-electron chi connectivity index (χ0n) is 11.5. The molecule has 108 valence electrons. The lowest BCUT2D eigenvalue weighted by atomic mass is 9.92. The summed E-state index contributed by atoms with van der Waals surface area (Å²) in [4.78, 5) is 35.2. The molecule has 0 saturated carbocycles. The number of hydrogen-bond donors (Lipinski definition) is 2. The van der Waals surface area contributed by atoms with Crippen LogP contribution in [0.4, 0.5) is 0 Å². The van der Waals surface area contributed by atoms with E-state index in [2.05, 4.69) is 5.32 Å². The molecule has 0 spiro atoms. The average Bonchev–Trinajstić information content (AvgIpc) is 2.35. The Morgan fingerprint density at radius 2 is 1.89 bits per heavy atom. The van der Waals surface area contributed by atoms with Crippen molar-refractivity contribution < 1.29 is 19.5 Å². The molecule has 0 aromatic rings. The zero-order chi connectivity index (χ0) is 14.4. The number of piperidine rings is 1. The van der Waals surface area contributed by atoms with Crippen molar-refractivity contribution in [2.45, 2.75) is 45.6 Å². The summed E-state index contributed by atoms with van der Waals surface area (Å²) in [5, 5.41) is 11.2. The minimum Gasteiger partial charge on any atom is -0.481 e. The van der Waals surface area contributed by atoms with Crippen molar-refractivity contribution in [2.75, 3.05) is 13.1 Å². The van der Waals surface area contributed by atoms with E-state index in [-0.39, 0.29) is 18.2 Å². The highest BCUT2D eigenvalue weighted by molar-refractivity contribution is 5.86. The molecule has 1 rings (SSSR count). The van der Waals surface area contributed by atoms with Gasteiger partial charge in [0.25, 0.3) is 0 Å². The lowest BCUT2D eigenvalue weighted by molar-refractivity contribution is -0.138. The van der Waals surface area contributed by atoms with Crippen LogP contribution in [-0.4, -0.2) is 46.9 Å². The number of likely N-dealkylation sites (tertiary alicyclic amines) is 1.